The molecule has 1 unspecified atom stereocenters. The van der Waals surface area contributed by atoms with Crippen molar-refractivity contribution in [3.8, 4) is 0 Å². The van der Waals surface area contributed by atoms with E-state index in [9.17, 15) is 17.2 Å². The van der Waals surface area contributed by atoms with Gasteiger partial charge >= 0.3 is 0 Å². The SMILES string of the molecule is CC(c1c(F)cccc1F)N1CCN(S(=O)(=O)N2CCN(C)CC2)CC1. The van der Waals surface area contributed by atoms with Crippen molar-refractivity contribution >= 4 is 10.2 Å². The van der Waals surface area contributed by atoms with Crippen molar-refractivity contribution in [3.63, 3.8) is 0 Å². The fourth-order valence-electron chi connectivity index (χ4n) is 3.60. The summed E-state index contributed by atoms with van der Waals surface area (Å²) in [5.74, 6) is -1.13. The molecule has 2 fully saturated rings. The topological polar surface area (TPSA) is 47.1 Å². The maximum atomic E-state index is 14.0. The average molecular weight is 388 g/mol. The Kier molecular flexibility index (Phi) is 5.93. The molecule has 0 aromatic heterocycles. The Balaban J connectivity index is 1.64. The van der Waals surface area contributed by atoms with Gasteiger partial charge in [-0.3, -0.25) is 4.90 Å². The van der Waals surface area contributed by atoms with Crippen LogP contribution in [0.25, 0.3) is 0 Å². The lowest BCUT2D eigenvalue weighted by molar-refractivity contribution is 0.133. The van der Waals surface area contributed by atoms with Gasteiger partial charge in [0.2, 0.25) is 0 Å². The van der Waals surface area contributed by atoms with Gasteiger partial charge in [0.05, 0.1) is 0 Å². The van der Waals surface area contributed by atoms with Crippen LogP contribution in [0, 0.1) is 11.6 Å². The molecule has 2 saturated heterocycles. The number of rotatable bonds is 4. The van der Waals surface area contributed by atoms with Crippen LogP contribution in [0.4, 0.5) is 8.78 Å². The lowest BCUT2D eigenvalue weighted by Crippen LogP contribution is -2.56. The van der Waals surface area contributed by atoms with Gasteiger partial charge in [-0.2, -0.15) is 17.0 Å². The lowest BCUT2D eigenvalue weighted by Gasteiger charge is -2.40. The van der Waals surface area contributed by atoms with Gasteiger partial charge in [0.15, 0.2) is 0 Å². The molecule has 9 heteroatoms. The van der Waals surface area contributed by atoms with E-state index in [1.807, 2.05) is 11.9 Å². The van der Waals surface area contributed by atoms with E-state index in [2.05, 4.69) is 4.90 Å². The van der Waals surface area contributed by atoms with Crippen molar-refractivity contribution in [2.45, 2.75) is 13.0 Å². The Hall–Kier alpha value is -1.13. The zero-order valence-electron chi connectivity index (χ0n) is 15.2. The number of piperazine rings is 2. The van der Waals surface area contributed by atoms with Crippen LogP contribution >= 0.6 is 0 Å². The molecule has 0 N–H and O–H groups in total. The van der Waals surface area contributed by atoms with Crippen molar-refractivity contribution in [1.82, 2.24) is 18.4 Å². The van der Waals surface area contributed by atoms with Gasteiger partial charge in [0.25, 0.3) is 10.2 Å². The number of likely N-dealkylation sites (N-methyl/N-ethyl adjacent to an activating group) is 1. The van der Waals surface area contributed by atoms with Gasteiger partial charge in [0, 0.05) is 64.0 Å². The largest absolute Gasteiger partial charge is 0.304 e. The summed E-state index contributed by atoms with van der Waals surface area (Å²) in [6.07, 6.45) is 0. The molecule has 2 aliphatic rings. The van der Waals surface area contributed by atoms with Crippen LogP contribution in [0.1, 0.15) is 18.5 Å². The molecule has 1 aromatic rings. The fraction of sp³-hybridized carbons (Fsp3) is 0.647. The summed E-state index contributed by atoms with van der Waals surface area (Å²) in [6, 6.07) is 3.41. The first-order valence-electron chi connectivity index (χ1n) is 8.92. The smallest absolute Gasteiger partial charge is 0.282 e. The second-order valence-electron chi connectivity index (χ2n) is 6.96. The standard InChI is InChI=1S/C17H26F2N4O2S/c1-14(17-15(18)4-3-5-16(17)19)21-8-12-23(13-9-21)26(24,25)22-10-6-20(2)7-11-22/h3-5,14H,6-13H2,1-2H3. The van der Waals surface area contributed by atoms with Crippen molar-refractivity contribution in [2.75, 3.05) is 59.4 Å². The summed E-state index contributed by atoms with van der Waals surface area (Å²) in [6.45, 7) is 5.75. The third-order valence-electron chi connectivity index (χ3n) is 5.35. The fourth-order valence-corrected chi connectivity index (χ4v) is 5.17. The summed E-state index contributed by atoms with van der Waals surface area (Å²) >= 11 is 0. The minimum atomic E-state index is -3.47. The molecule has 26 heavy (non-hydrogen) atoms. The molecular weight excluding hydrogens is 362 g/mol. The molecule has 0 saturated carbocycles. The van der Waals surface area contributed by atoms with Crippen LogP contribution in [0.15, 0.2) is 18.2 Å². The van der Waals surface area contributed by atoms with Gasteiger partial charge in [0.1, 0.15) is 11.6 Å². The highest BCUT2D eigenvalue weighted by molar-refractivity contribution is 7.86. The molecular formula is C17H26F2N4O2S. The molecule has 0 radical (unpaired) electrons. The second kappa shape index (κ2) is 7.85. The number of hydrogen-bond acceptors (Lipinski definition) is 4. The van der Waals surface area contributed by atoms with Crippen LogP contribution in [0.2, 0.25) is 0 Å². The first-order chi connectivity index (χ1) is 12.3. The van der Waals surface area contributed by atoms with E-state index in [-0.39, 0.29) is 5.56 Å². The van der Waals surface area contributed by atoms with E-state index in [0.29, 0.717) is 39.3 Å². The van der Waals surface area contributed by atoms with E-state index in [1.54, 1.807) is 6.92 Å². The minimum Gasteiger partial charge on any atom is -0.304 e. The summed E-state index contributed by atoms with van der Waals surface area (Å²) in [4.78, 5) is 4.03. The molecule has 6 nitrogen and oxygen atoms in total. The second-order valence-corrected chi connectivity index (χ2v) is 8.88. The highest BCUT2D eigenvalue weighted by Crippen LogP contribution is 2.27. The normalized spacial score (nSPS) is 23.2. The van der Waals surface area contributed by atoms with Crippen LogP contribution < -0.4 is 0 Å². The summed E-state index contributed by atoms with van der Waals surface area (Å²) < 4.78 is 56.6. The van der Waals surface area contributed by atoms with E-state index in [4.69, 9.17) is 0 Å². The summed E-state index contributed by atoms with van der Waals surface area (Å²) in [5, 5.41) is 0. The van der Waals surface area contributed by atoms with E-state index < -0.39 is 27.9 Å². The molecule has 1 aromatic carbocycles. The van der Waals surface area contributed by atoms with Gasteiger partial charge < -0.3 is 4.90 Å². The molecule has 0 amide bonds. The molecule has 0 spiro atoms. The highest BCUT2D eigenvalue weighted by Gasteiger charge is 2.35. The summed E-state index contributed by atoms with van der Waals surface area (Å²) in [7, 11) is -1.50. The number of benzene rings is 1. The van der Waals surface area contributed by atoms with Gasteiger partial charge in [-0.15, -0.1) is 0 Å². The Bertz CT molecular complexity index is 710. The van der Waals surface area contributed by atoms with E-state index in [0.717, 1.165) is 13.1 Å². The first-order valence-corrected chi connectivity index (χ1v) is 10.3. The zero-order valence-corrected chi connectivity index (χ0v) is 16.1. The van der Waals surface area contributed by atoms with Crippen LogP contribution in [0.5, 0.6) is 0 Å². The van der Waals surface area contributed by atoms with Crippen molar-refractivity contribution in [1.29, 1.82) is 0 Å². The Morgan fingerprint density at radius 2 is 1.35 bits per heavy atom. The molecule has 0 bridgehead atoms. The Morgan fingerprint density at radius 1 is 0.885 bits per heavy atom. The molecule has 3 rings (SSSR count). The molecule has 2 heterocycles. The predicted octanol–water partition coefficient (Wildman–Crippen LogP) is 1.14. The van der Waals surface area contributed by atoms with Gasteiger partial charge in [-0.25, -0.2) is 8.78 Å². The van der Waals surface area contributed by atoms with Crippen LogP contribution in [-0.2, 0) is 10.2 Å². The van der Waals surface area contributed by atoms with E-state index >= 15 is 0 Å². The Labute approximate surface area is 154 Å². The van der Waals surface area contributed by atoms with Crippen LogP contribution in [0.3, 0.4) is 0 Å². The highest BCUT2D eigenvalue weighted by atomic mass is 32.2. The maximum Gasteiger partial charge on any atom is 0.282 e. The van der Waals surface area contributed by atoms with Gasteiger partial charge in [-0.05, 0) is 26.1 Å². The average Bonchev–Trinajstić information content (AvgIpc) is 2.62. The molecule has 146 valence electrons. The predicted molar refractivity (Wildman–Crippen MR) is 95.9 cm³/mol. The third kappa shape index (κ3) is 3.91. The zero-order chi connectivity index (χ0) is 18.9. The molecule has 0 aliphatic carbocycles. The first kappa shape index (κ1) is 19.6. The quantitative estimate of drug-likeness (QED) is 0.776. The van der Waals surface area contributed by atoms with Crippen molar-refractivity contribution < 1.29 is 17.2 Å². The van der Waals surface area contributed by atoms with E-state index in [1.165, 1.54) is 26.8 Å². The monoisotopic (exact) mass is 388 g/mol. The molecule has 2 aliphatic heterocycles. The van der Waals surface area contributed by atoms with Crippen LogP contribution in [-0.4, -0.2) is 86.2 Å². The Morgan fingerprint density at radius 3 is 1.85 bits per heavy atom. The number of nitrogens with zero attached hydrogens (tertiary/aromatic N) is 4. The summed E-state index contributed by atoms with van der Waals surface area (Å²) in [5.41, 5.74) is 0.0443. The third-order valence-corrected chi connectivity index (χ3v) is 7.39. The number of hydrogen-bond donors (Lipinski definition) is 0. The van der Waals surface area contributed by atoms with Gasteiger partial charge in [-0.1, -0.05) is 6.07 Å². The number of halogens is 2. The van der Waals surface area contributed by atoms with Crippen molar-refractivity contribution in [3.05, 3.63) is 35.4 Å². The maximum absolute atomic E-state index is 14.0. The lowest BCUT2D eigenvalue weighted by atomic mass is 10.0. The molecule has 1 atom stereocenters. The minimum absolute atomic E-state index is 0.0443. The van der Waals surface area contributed by atoms with Crippen molar-refractivity contribution in [2.24, 2.45) is 0 Å².